The van der Waals surface area contributed by atoms with Crippen molar-refractivity contribution in [1.82, 2.24) is 0 Å². The molecule has 0 saturated carbocycles. The van der Waals surface area contributed by atoms with Crippen LogP contribution in [0, 0.1) is 0 Å². The van der Waals surface area contributed by atoms with Crippen molar-refractivity contribution in [3.8, 4) is 0 Å². The lowest BCUT2D eigenvalue weighted by Gasteiger charge is -1.97. The number of aliphatic hydroxyl groups excluding tert-OH is 2. The molecule has 0 heterocycles. The minimum atomic E-state index is -0.164. The second kappa shape index (κ2) is 4.82. The van der Waals surface area contributed by atoms with Crippen LogP contribution in [0.25, 0.3) is 0 Å². The predicted molar refractivity (Wildman–Crippen MR) is 41.8 cm³/mol. The Bertz CT molecular complexity index is 166. The molecule has 0 spiro atoms. The fraction of sp³-hybridized carbons (Fsp3) is 0.250. The largest absolute Gasteiger partial charge is 0.508 e. The van der Waals surface area contributed by atoms with Crippen LogP contribution in [0.15, 0.2) is 36.1 Å². The molecule has 2 heteroatoms. The molecule has 0 atom stereocenters. The van der Waals surface area contributed by atoms with Crippen LogP contribution in [0.5, 0.6) is 0 Å². The van der Waals surface area contributed by atoms with E-state index >= 15 is 0 Å². The molecule has 0 aliphatic heterocycles. The third-order valence-corrected chi connectivity index (χ3v) is 1.06. The number of hydrogen-bond acceptors (Lipinski definition) is 2. The van der Waals surface area contributed by atoms with Crippen molar-refractivity contribution in [3.05, 3.63) is 36.1 Å². The molecule has 2 nitrogen and oxygen atoms in total. The molecular weight excluding hydrogens is 128 g/mol. The smallest absolute Gasteiger partial charge is 0.120 e. The molecule has 0 bridgehead atoms. The summed E-state index contributed by atoms with van der Waals surface area (Å²) in [7, 11) is 0. The second-order valence-electron chi connectivity index (χ2n) is 1.77. The molecule has 0 fully saturated rings. The van der Waals surface area contributed by atoms with Crippen molar-refractivity contribution in [2.24, 2.45) is 0 Å². The summed E-state index contributed by atoms with van der Waals surface area (Å²) in [6.07, 6.45) is 4.67. The van der Waals surface area contributed by atoms with E-state index in [2.05, 4.69) is 6.58 Å². The number of allylic oxidation sites excluding steroid dienone is 2. The highest BCUT2D eigenvalue weighted by Crippen LogP contribution is 2.02. The normalized spacial score (nSPS) is 13.4. The summed E-state index contributed by atoms with van der Waals surface area (Å²) in [5, 5.41) is 17.6. The third kappa shape index (κ3) is 2.51. The van der Waals surface area contributed by atoms with Crippen LogP contribution in [0.2, 0.25) is 0 Å². The van der Waals surface area contributed by atoms with Crippen molar-refractivity contribution in [3.63, 3.8) is 0 Å². The van der Waals surface area contributed by atoms with Crippen LogP contribution in [-0.4, -0.2) is 16.8 Å². The lowest BCUT2D eigenvalue weighted by atomic mass is 10.2. The van der Waals surface area contributed by atoms with E-state index in [0.29, 0.717) is 5.57 Å². The molecule has 0 aromatic heterocycles. The Morgan fingerprint density at radius 2 is 2.20 bits per heavy atom. The first kappa shape index (κ1) is 8.98. The summed E-state index contributed by atoms with van der Waals surface area (Å²) in [4.78, 5) is 0. The fourth-order valence-corrected chi connectivity index (χ4v) is 0.551. The molecule has 0 rings (SSSR count). The zero-order valence-corrected chi connectivity index (χ0v) is 6.04. The van der Waals surface area contributed by atoms with Gasteiger partial charge in [-0.25, -0.2) is 0 Å². The Kier molecular flexibility index (Phi) is 4.33. The quantitative estimate of drug-likeness (QED) is 0.461. The van der Waals surface area contributed by atoms with Gasteiger partial charge >= 0.3 is 0 Å². The Hall–Kier alpha value is -1.02. The Labute approximate surface area is 60.8 Å². The zero-order chi connectivity index (χ0) is 7.98. The highest BCUT2D eigenvalue weighted by atomic mass is 16.3. The van der Waals surface area contributed by atoms with Crippen LogP contribution in [-0.2, 0) is 0 Å². The van der Waals surface area contributed by atoms with E-state index < -0.39 is 0 Å². The average molecular weight is 140 g/mol. The van der Waals surface area contributed by atoms with E-state index in [1.165, 1.54) is 6.08 Å². The molecular formula is C8H12O2. The molecule has 2 N–H and O–H groups in total. The molecule has 0 aliphatic rings. The van der Waals surface area contributed by atoms with Gasteiger partial charge in [0.2, 0.25) is 0 Å². The summed E-state index contributed by atoms with van der Waals surface area (Å²) in [5.41, 5.74) is 0.484. The van der Waals surface area contributed by atoms with Gasteiger partial charge in [0.1, 0.15) is 5.76 Å². The van der Waals surface area contributed by atoms with Crippen molar-refractivity contribution in [1.29, 1.82) is 0 Å². The van der Waals surface area contributed by atoms with E-state index in [-0.39, 0.29) is 12.4 Å². The average Bonchev–Trinajstić information content (AvgIpc) is 1.99. The first-order valence-corrected chi connectivity index (χ1v) is 3.04. The van der Waals surface area contributed by atoms with Crippen LogP contribution < -0.4 is 0 Å². The molecule has 56 valence electrons. The topological polar surface area (TPSA) is 40.5 Å². The van der Waals surface area contributed by atoms with Crippen molar-refractivity contribution in [2.75, 3.05) is 6.61 Å². The van der Waals surface area contributed by atoms with Gasteiger partial charge in [-0.1, -0.05) is 18.7 Å². The highest BCUT2D eigenvalue weighted by molar-refractivity contribution is 5.27. The van der Waals surface area contributed by atoms with Crippen LogP contribution in [0.4, 0.5) is 0 Å². The lowest BCUT2D eigenvalue weighted by Crippen LogP contribution is -1.90. The van der Waals surface area contributed by atoms with Gasteiger partial charge in [0.25, 0.3) is 0 Å². The maximum Gasteiger partial charge on any atom is 0.120 e. The minimum Gasteiger partial charge on any atom is -0.508 e. The molecule has 0 saturated heterocycles. The first-order chi connectivity index (χ1) is 4.76. The number of hydrogen-bond donors (Lipinski definition) is 2. The number of rotatable bonds is 3. The van der Waals surface area contributed by atoms with Crippen LogP contribution in [0.3, 0.4) is 0 Å². The van der Waals surface area contributed by atoms with Gasteiger partial charge in [-0.15, -0.1) is 0 Å². The maximum absolute atomic E-state index is 9.00. The summed E-state index contributed by atoms with van der Waals surface area (Å²) >= 11 is 0. The van der Waals surface area contributed by atoms with E-state index in [1.807, 2.05) is 6.92 Å². The summed E-state index contributed by atoms with van der Waals surface area (Å²) < 4.78 is 0. The van der Waals surface area contributed by atoms with Gasteiger partial charge in [0.05, 0.1) is 6.61 Å². The monoisotopic (exact) mass is 140 g/mol. The maximum atomic E-state index is 9.00. The van der Waals surface area contributed by atoms with Crippen molar-refractivity contribution >= 4 is 0 Å². The van der Waals surface area contributed by atoms with Gasteiger partial charge in [0.15, 0.2) is 0 Å². The first-order valence-electron chi connectivity index (χ1n) is 3.04. The van der Waals surface area contributed by atoms with Crippen LogP contribution in [0.1, 0.15) is 6.92 Å². The predicted octanol–water partition coefficient (Wildman–Crippen LogP) is 1.55. The molecule has 0 radical (unpaired) electrons. The second-order valence-corrected chi connectivity index (χ2v) is 1.77. The van der Waals surface area contributed by atoms with Gasteiger partial charge in [-0.2, -0.15) is 0 Å². The van der Waals surface area contributed by atoms with Gasteiger partial charge in [-0.3, -0.25) is 0 Å². The SMILES string of the molecule is C=C/C(O)=C(\C=C/C)CO. The van der Waals surface area contributed by atoms with Gasteiger partial charge < -0.3 is 10.2 Å². The van der Waals surface area contributed by atoms with Gasteiger partial charge in [-0.05, 0) is 13.0 Å². The van der Waals surface area contributed by atoms with Crippen molar-refractivity contribution in [2.45, 2.75) is 6.92 Å². The lowest BCUT2D eigenvalue weighted by molar-refractivity contribution is 0.323. The zero-order valence-electron chi connectivity index (χ0n) is 6.04. The number of aliphatic hydroxyl groups is 2. The summed E-state index contributed by atoms with van der Waals surface area (Å²) in [5.74, 6) is 0.0283. The Morgan fingerprint density at radius 1 is 1.60 bits per heavy atom. The van der Waals surface area contributed by atoms with E-state index in [1.54, 1.807) is 12.2 Å². The standard InChI is InChI=1S/C8H12O2/c1-3-5-7(6-9)8(10)4-2/h3-5,9-10H,2,6H2,1H3/b5-3-,8-7-. The van der Waals surface area contributed by atoms with E-state index in [0.717, 1.165) is 0 Å². The summed E-state index contributed by atoms with van der Waals surface area (Å²) in [6.45, 7) is 5.01. The molecule has 0 amide bonds. The molecule has 0 aromatic rings. The molecule has 10 heavy (non-hydrogen) atoms. The molecule has 0 unspecified atom stereocenters. The van der Waals surface area contributed by atoms with Gasteiger partial charge in [0, 0.05) is 5.57 Å². The molecule has 0 aliphatic carbocycles. The van der Waals surface area contributed by atoms with E-state index in [9.17, 15) is 0 Å². The summed E-state index contributed by atoms with van der Waals surface area (Å²) in [6, 6.07) is 0. The Balaban J connectivity index is 4.44. The third-order valence-electron chi connectivity index (χ3n) is 1.06. The van der Waals surface area contributed by atoms with Crippen molar-refractivity contribution < 1.29 is 10.2 Å². The highest BCUT2D eigenvalue weighted by Gasteiger charge is 1.94. The minimum absolute atomic E-state index is 0.0283. The Morgan fingerprint density at radius 3 is 2.50 bits per heavy atom. The molecule has 0 aromatic carbocycles. The van der Waals surface area contributed by atoms with Crippen LogP contribution >= 0.6 is 0 Å². The fourth-order valence-electron chi connectivity index (χ4n) is 0.551. The van der Waals surface area contributed by atoms with E-state index in [4.69, 9.17) is 10.2 Å².